The number of nitrogens with zero attached hydrogens (tertiary/aromatic N) is 3. The topological polar surface area (TPSA) is 47.8 Å². The van der Waals surface area contributed by atoms with Gasteiger partial charge in [-0.3, -0.25) is 4.79 Å². The Morgan fingerprint density at radius 1 is 1.60 bits per heavy atom. The van der Waals surface area contributed by atoms with Gasteiger partial charge in [0, 0.05) is 17.5 Å². The van der Waals surface area contributed by atoms with Crippen LogP contribution in [0.4, 0.5) is 0 Å². The standard InChI is InChI=1S/C10H11N3OS/c1-2-13-10(11-7-12-13)5-9(14)8-3-4-15-6-8/h3-4,6-7H,2,5H2,1H3. The summed E-state index contributed by atoms with van der Waals surface area (Å²) in [5.41, 5.74) is 0.755. The summed E-state index contributed by atoms with van der Waals surface area (Å²) in [7, 11) is 0. The molecule has 0 bridgehead atoms. The van der Waals surface area contributed by atoms with Crippen molar-refractivity contribution in [3.63, 3.8) is 0 Å². The summed E-state index contributed by atoms with van der Waals surface area (Å²) in [6, 6.07) is 1.83. The number of aryl methyl sites for hydroxylation is 1. The molecule has 5 heteroatoms. The molecule has 0 atom stereocenters. The molecule has 2 heterocycles. The van der Waals surface area contributed by atoms with Crippen LogP contribution in [0, 0.1) is 0 Å². The maximum Gasteiger partial charge on any atom is 0.171 e. The molecular formula is C10H11N3OS. The van der Waals surface area contributed by atoms with Crippen LogP contribution in [0.2, 0.25) is 0 Å². The molecule has 15 heavy (non-hydrogen) atoms. The van der Waals surface area contributed by atoms with Gasteiger partial charge in [0.2, 0.25) is 0 Å². The van der Waals surface area contributed by atoms with E-state index in [0.717, 1.165) is 17.9 Å². The maximum absolute atomic E-state index is 11.8. The summed E-state index contributed by atoms with van der Waals surface area (Å²) in [5, 5.41) is 7.78. The lowest BCUT2D eigenvalue weighted by Gasteiger charge is -2.00. The lowest BCUT2D eigenvalue weighted by atomic mass is 10.1. The molecule has 0 aliphatic heterocycles. The van der Waals surface area contributed by atoms with E-state index >= 15 is 0 Å². The third-order valence-corrected chi connectivity index (χ3v) is 2.84. The summed E-state index contributed by atoms with van der Waals surface area (Å²) in [6.45, 7) is 2.72. The fraction of sp³-hybridized carbons (Fsp3) is 0.300. The van der Waals surface area contributed by atoms with Crippen molar-refractivity contribution >= 4 is 17.1 Å². The first-order chi connectivity index (χ1) is 7.31. The minimum Gasteiger partial charge on any atom is -0.294 e. The van der Waals surface area contributed by atoms with Gasteiger partial charge in [-0.05, 0) is 18.4 Å². The fourth-order valence-corrected chi connectivity index (χ4v) is 2.02. The van der Waals surface area contributed by atoms with Gasteiger partial charge in [-0.15, -0.1) is 0 Å². The van der Waals surface area contributed by atoms with E-state index in [4.69, 9.17) is 0 Å². The van der Waals surface area contributed by atoms with Crippen molar-refractivity contribution in [1.29, 1.82) is 0 Å². The zero-order valence-corrected chi connectivity index (χ0v) is 9.20. The average Bonchev–Trinajstić information content (AvgIpc) is 2.87. The summed E-state index contributed by atoms with van der Waals surface area (Å²) in [5.74, 6) is 0.827. The fourth-order valence-electron chi connectivity index (χ4n) is 1.36. The molecule has 0 saturated carbocycles. The van der Waals surface area contributed by atoms with Gasteiger partial charge in [0.1, 0.15) is 12.2 Å². The molecule has 0 aliphatic rings. The molecule has 0 fully saturated rings. The number of aromatic nitrogens is 3. The molecule has 2 aromatic rings. The minimum atomic E-state index is 0.0963. The maximum atomic E-state index is 11.8. The highest BCUT2D eigenvalue weighted by molar-refractivity contribution is 7.08. The van der Waals surface area contributed by atoms with E-state index in [1.807, 2.05) is 23.8 Å². The molecule has 0 saturated heterocycles. The zero-order chi connectivity index (χ0) is 10.7. The normalized spacial score (nSPS) is 10.5. The smallest absolute Gasteiger partial charge is 0.171 e. The van der Waals surface area contributed by atoms with Crippen LogP contribution in [0.15, 0.2) is 23.2 Å². The largest absolute Gasteiger partial charge is 0.294 e. The van der Waals surface area contributed by atoms with Gasteiger partial charge in [0.15, 0.2) is 5.78 Å². The van der Waals surface area contributed by atoms with Gasteiger partial charge in [-0.1, -0.05) is 0 Å². The third kappa shape index (κ3) is 2.12. The first-order valence-corrected chi connectivity index (χ1v) is 5.67. The predicted molar refractivity (Wildman–Crippen MR) is 58.0 cm³/mol. The molecule has 0 radical (unpaired) electrons. The predicted octanol–water partition coefficient (Wildman–Crippen LogP) is 1.78. The Morgan fingerprint density at radius 3 is 3.13 bits per heavy atom. The quantitative estimate of drug-likeness (QED) is 0.739. The van der Waals surface area contributed by atoms with E-state index in [9.17, 15) is 4.79 Å². The van der Waals surface area contributed by atoms with Crippen LogP contribution in [0.25, 0.3) is 0 Å². The third-order valence-electron chi connectivity index (χ3n) is 2.16. The summed E-state index contributed by atoms with van der Waals surface area (Å²) in [4.78, 5) is 15.8. The summed E-state index contributed by atoms with van der Waals surface area (Å²) in [6.07, 6.45) is 1.81. The Balaban J connectivity index is 2.13. The van der Waals surface area contributed by atoms with Crippen molar-refractivity contribution in [2.45, 2.75) is 19.9 Å². The molecule has 4 nitrogen and oxygen atoms in total. The first-order valence-electron chi connectivity index (χ1n) is 4.73. The van der Waals surface area contributed by atoms with Crippen LogP contribution in [-0.2, 0) is 13.0 Å². The van der Waals surface area contributed by atoms with Crippen molar-refractivity contribution in [3.05, 3.63) is 34.5 Å². The van der Waals surface area contributed by atoms with Crippen LogP contribution in [0.5, 0.6) is 0 Å². The average molecular weight is 221 g/mol. The second-order valence-corrected chi connectivity index (χ2v) is 3.88. The highest BCUT2D eigenvalue weighted by atomic mass is 32.1. The van der Waals surface area contributed by atoms with Crippen molar-refractivity contribution in [3.8, 4) is 0 Å². The molecule has 2 rings (SSSR count). The van der Waals surface area contributed by atoms with E-state index in [1.54, 1.807) is 4.68 Å². The summed E-state index contributed by atoms with van der Waals surface area (Å²) < 4.78 is 1.74. The highest BCUT2D eigenvalue weighted by Gasteiger charge is 2.11. The van der Waals surface area contributed by atoms with Crippen LogP contribution < -0.4 is 0 Å². The van der Waals surface area contributed by atoms with Crippen molar-refractivity contribution in [2.75, 3.05) is 0 Å². The molecular weight excluding hydrogens is 210 g/mol. The van der Waals surface area contributed by atoms with Crippen LogP contribution >= 0.6 is 11.3 Å². The highest BCUT2D eigenvalue weighted by Crippen LogP contribution is 2.09. The van der Waals surface area contributed by atoms with Crippen molar-refractivity contribution in [2.24, 2.45) is 0 Å². The number of ketones is 1. The second-order valence-electron chi connectivity index (χ2n) is 3.10. The first kappa shape index (κ1) is 10.0. The lowest BCUT2D eigenvalue weighted by Crippen LogP contribution is -2.10. The number of hydrogen-bond acceptors (Lipinski definition) is 4. The van der Waals surface area contributed by atoms with Crippen molar-refractivity contribution in [1.82, 2.24) is 14.8 Å². The van der Waals surface area contributed by atoms with E-state index in [1.165, 1.54) is 17.7 Å². The number of rotatable bonds is 4. The Morgan fingerprint density at radius 2 is 2.47 bits per heavy atom. The number of Topliss-reactive ketones (excluding diaryl/α,β-unsaturated/α-hetero) is 1. The van der Waals surface area contributed by atoms with E-state index in [0.29, 0.717) is 6.42 Å². The van der Waals surface area contributed by atoms with Crippen molar-refractivity contribution < 1.29 is 4.79 Å². The Kier molecular flexibility index (Phi) is 2.91. The van der Waals surface area contributed by atoms with Crippen LogP contribution in [-0.4, -0.2) is 20.5 Å². The van der Waals surface area contributed by atoms with Crippen LogP contribution in [0.3, 0.4) is 0 Å². The van der Waals surface area contributed by atoms with E-state index in [2.05, 4.69) is 10.1 Å². The zero-order valence-electron chi connectivity index (χ0n) is 8.38. The molecule has 0 aromatic carbocycles. The number of hydrogen-bond donors (Lipinski definition) is 0. The molecule has 2 aromatic heterocycles. The molecule has 0 unspecified atom stereocenters. The van der Waals surface area contributed by atoms with E-state index < -0.39 is 0 Å². The van der Waals surface area contributed by atoms with Crippen LogP contribution in [0.1, 0.15) is 23.1 Å². The minimum absolute atomic E-state index is 0.0963. The summed E-state index contributed by atoms with van der Waals surface area (Å²) >= 11 is 1.53. The van der Waals surface area contributed by atoms with Gasteiger partial charge < -0.3 is 0 Å². The van der Waals surface area contributed by atoms with Gasteiger partial charge in [0.05, 0.1) is 6.42 Å². The Hall–Kier alpha value is -1.49. The molecule has 0 aliphatic carbocycles. The second kappa shape index (κ2) is 4.35. The Bertz CT molecular complexity index is 447. The van der Waals surface area contributed by atoms with Gasteiger partial charge >= 0.3 is 0 Å². The number of carbonyl (C=O) groups is 1. The Labute approximate surface area is 91.6 Å². The molecule has 0 N–H and O–H groups in total. The number of thiophene rings is 1. The lowest BCUT2D eigenvalue weighted by molar-refractivity contribution is 0.0990. The van der Waals surface area contributed by atoms with E-state index in [-0.39, 0.29) is 5.78 Å². The van der Waals surface area contributed by atoms with Gasteiger partial charge in [-0.2, -0.15) is 16.4 Å². The molecule has 0 amide bonds. The van der Waals surface area contributed by atoms with Gasteiger partial charge in [-0.25, -0.2) is 9.67 Å². The molecule has 0 spiro atoms. The van der Waals surface area contributed by atoms with Gasteiger partial charge in [0.25, 0.3) is 0 Å². The monoisotopic (exact) mass is 221 g/mol. The SMILES string of the molecule is CCn1ncnc1CC(=O)c1ccsc1. The number of carbonyl (C=O) groups excluding carboxylic acids is 1. The molecule has 78 valence electrons.